The second-order valence-corrected chi connectivity index (χ2v) is 8.04. The maximum atomic E-state index is 13.1. The van der Waals surface area contributed by atoms with Crippen molar-refractivity contribution < 1.29 is 4.79 Å². The van der Waals surface area contributed by atoms with Crippen LogP contribution in [0.25, 0.3) is 22.0 Å². The molecule has 4 rings (SSSR count). The van der Waals surface area contributed by atoms with Crippen molar-refractivity contribution in [3.8, 4) is 11.3 Å². The third-order valence-electron chi connectivity index (χ3n) is 5.91. The highest BCUT2D eigenvalue weighted by molar-refractivity contribution is 6.66. The third kappa shape index (κ3) is 3.43. The van der Waals surface area contributed by atoms with Gasteiger partial charge in [-0.2, -0.15) is 0 Å². The number of carbonyl (C=O) groups is 1. The lowest BCUT2D eigenvalue weighted by Gasteiger charge is -2.18. The van der Waals surface area contributed by atoms with Gasteiger partial charge in [0.1, 0.15) is 37.2 Å². The second-order valence-electron chi connectivity index (χ2n) is 7.66. The summed E-state index contributed by atoms with van der Waals surface area (Å²) >= 11 is 6.54. The zero-order valence-electron chi connectivity index (χ0n) is 17.7. The molecular formula is C20H19B4ClN4O. The van der Waals surface area contributed by atoms with Gasteiger partial charge in [-0.15, -0.1) is 10.9 Å². The van der Waals surface area contributed by atoms with Gasteiger partial charge in [0.05, 0.1) is 23.8 Å². The highest BCUT2D eigenvalue weighted by atomic mass is 35.5. The molecule has 0 fully saturated rings. The molecule has 0 bridgehead atoms. The Morgan fingerprint density at radius 1 is 1.00 bits per heavy atom. The van der Waals surface area contributed by atoms with Gasteiger partial charge in [-0.25, -0.2) is 9.97 Å². The molecule has 0 aliphatic heterocycles. The highest BCUT2D eigenvalue weighted by Crippen LogP contribution is 2.25. The van der Waals surface area contributed by atoms with Crippen LogP contribution in [0.2, 0.25) is 5.02 Å². The fraction of sp³-hybridized carbons (Fsp3) is 0.0500. The van der Waals surface area contributed by atoms with Crippen LogP contribution in [-0.2, 0) is 7.05 Å². The first-order valence-electron chi connectivity index (χ1n) is 9.71. The van der Waals surface area contributed by atoms with Crippen molar-refractivity contribution >= 4 is 87.3 Å². The van der Waals surface area contributed by atoms with Crippen LogP contribution in [0.4, 0.5) is 5.82 Å². The predicted octanol–water partition coefficient (Wildman–Crippen LogP) is -2.43. The quantitative estimate of drug-likeness (QED) is 0.383. The molecule has 1 amide bonds. The Kier molecular flexibility index (Phi) is 5.24. The van der Waals surface area contributed by atoms with Crippen molar-refractivity contribution in [3.63, 3.8) is 0 Å². The van der Waals surface area contributed by atoms with Gasteiger partial charge >= 0.3 is 0 Å². The van der Waals surface area contributed by atoms with Gasteiger partial charge < -0.3 is 9.88 Å². The number of benzene rings is 2. The second kappa shape index (κ2) is 7.73. The number of pyridine rings is 1. The van der Waals surface area contributed by atoms with Crippen LogP contribution in [0.15, 0.2) is 43.0 Å². The van der Waals surface area contributed by atoms with Crippen molar-refractivity contribution in [2.24, 2.45) is 7.05 Å². The number of hydrogen-bond acceptors (Lipinski definition) is 3. The number of nitrogens with zero attached hydrogens (tertiary/aromatic N) is 3. The van der Waals surface area contributed by atoms with Crippen molar-refractivity contribution in [1.82, 2.24) is 14.5 Å². The van der Waals surface area contributed by atoms with E-state index in [1.54, 1.807) is 12.5 Å². The smallest absolute Gasteiger partial charge is 0.257 e. The molecule has 144 valence electrons. The molecule has 4 aromatic rings. The lowest BCUT2D eigenvalue weighted by molar-refractivity contribution is 0.102. The number of rotatable bonds is 3. The number of aryl methyl sites for hydroxylation is 1. The van der Waals surface area contributed by atoms with Crippen LogP contribution >= 0.6 is 11.6 Å². The van der Waals surface area contributed by atoms with Gasteiger partial charge in [-0.1, -0.05) is 34.7 Å². The molecular weight excluding hydrogens is 391 g/mol. The molecule has 2 heterocycles. The summed E-state index contributed by atoms with van der Waals surface area (Å²) in [7, 11) is 9.86. The molecule has 30 heavy (non-hydrogen) atoms. The van der Waals surface area contributed by atoms with Crippen molar-refractivity contribution in [2.75, 3.05) is 5.32 Å². The van der Waals surface area contributed by atoms with Gasteiger partial charge in [0.25, 0.3) is 5.91 Å². The van der Waals surface area contributed by atoms with E-state index in [0.29, 0.717) is 16.4 Å². The van der Waals surface area contributed by atoms with E-state index in [-0.39, 0.29) is 5.91 Å². The molecule has 0 radical (unpaired) electrons. The van der Waals surface area contributed by atoms with Crippen molar-refractivity contribution in [1.29, 1.82) is 0 Å². The van der Waals surface area contributed by atoms with E-state index in [1.807, 2.05) is 67.4 Å². The summed E-state index contributed by atoms with van der Waals surface area (Å²) in [5, 5.41) is 5.39. The van der Waals surface area contributed by atoms with Crippen LogP contribution in [0.3, 0.4) is 0 Å². The first-order valence-corrected chi connectivity index (χ1v) is 10.1. The maximum absolute atomic E-state index is 13.1. The fourth-order valence-corrected chi connectivity index (χ4v) is 4.09. The Bertz CT molecular complexity index is 1290. The number of anilines is 1. The zero-order chi connectivity index (χ0) is 21.6. The Labute approximate surface area is 183 Å². The number of aromatic nitrogens is 3. The number of nitrogens with one attached hydrogen (secondary N) is 1. The number of fused-ring (bicyclic) bond motifs is 1. The summed E-state index contributed by atoms with van der Waals surface area (Å²) in [6, 6.07) is 8.01. The molecule has 0 unspecified atom stereocenters. The molecule has 0 saturated heterocycles. The number of amides is 1. The molecule has 0 aliphatic rings. The summed E-state index contributed by atoms with van der Waals surface area (Å²) in [5.41, 5.74) is 6.58. The van der Waals surface area contributed by atoms with E-state index in [0.717, 1.165) is 43.9 Å². The van der Waals surface area contributed by atoms with Crippen molar-refractivity contribution in [3.05, 3.63) is 53.6 Å². The van der Waals surface area contributed by atoms with Crippen LogP contribution in [0.1, 0.15) is 10.4 Å². The number of carbonyl (C=O) groups excluding carboxylic acids is 1. The summed E-state index contributed by atoms with van der Waals surface area (Å²) in [6.45, 7) is 0. The minimum absolute atomic E-state index is 0.252. The lowest BCUT2D eigenvalue weighted by atomic mass is 9.65. The Hall–Kier alpha value is -2.92. The molecule has 2 aromatic carbocycles. The fourth-order valence-electron chi connectivity index (χ4n) is 3.72. The van der Waals surface area contributed by atoms with Gasteiger partial charge in [0.15, 0.2) is 0 Å². The number of hydrogen-bond donors (Lipinski definition) is 1. The molecule has 0 atom stereocenters. The van der Waals surface area contributed by atoms with Crippen LogP contribution < -0.4 is 27.2 Å². The minimum Gasteiger partial charge on any atom is -0.334 e. The molecule has 10 heteroatoms. The Morgan fingerprint density at radius 2 is 1.73 bits per heavy atom. The van der Waals surface area contributed by atoms with Crippen LogP contribution in [0.5, 0.6) is 0 Å². The minimum atomic E-state index is -0.252. The van der Waals surface area contributed by atoms with Gasteiger partial charge in [0, 0.05) is 29.2 Å². The van der Waals surface area contributed by atoms with Gasteiger partial charge in [-0.3, -0.25) is 4.79 Å². The van der Waals surface area contributed by atoms with Crippen LogP contribution in [-0.4, -0.2) is 51.8 Å². The SMILES string of the molecule is Bc1c(B)c(B)c(C(=O)Nc2cc3cc(-c4cncn4C)ccc3cn2)c(Cl)c1B. The average Bonchev–Trinajstić information content (AvgIpc) is 3.16. The molecule has 0 aliphatic carbocycles. The lowest BCUT2D eigenvalue weighted by Crippen LogP contribution is -2.50. The molecule has 1 N–H and O–H groups in total. The molecule has 2 aromatic heterocycles. The topological polar surface area (TPSA) is 59.8 Å². The zero-order valence-corrected chi connectivity index (χ0v) is 18.4. The Balaban J connectivity index is 1.71. The molecule has 5 nitrogen and oxygen atoms in total. The normalized spacial score (nSPS) is 11.0. The molecule has 0 saturated carbocycles. The standard InChI is InChI=1S/C20H19B4ClN4O/c1-29-8-26-7-12(29)9-2-3-10-6-27-13(5-11(10)4-9)28-20(30)14-15(21)16(22)17(23)18(24)19(14)25/h2-8H,21-24H2,1H3,(H,27,28,30). The third-order valence-corrected chi connectivity index (χ3v) is 6.39. The molecule has 0 spiro atoms. The highest BCUT2D eigenvalue weighted by Gasteiger charge is 2.19. The Morgan fingerprint density at radius 3 is 2.43 bits per heavy atom. The van der Waals surface area contributed by atoms with E-state index in [1.165, 1.54) is 0 Å². The average molecular weight is 410 g/mol. The summed E-state index contributed by atoms with van der Waals surface area (Å²) in [5.74, 6) is 0.236. The predicted molar refractivity (Wildman–Crippen MR) is 136 cm³/mol. The number of imidazole rings is 1. The van der Waals surface area contributed by atoms with Gasteiger partial charge in [-0.05, 0) is 17.5 Å². The van der Waals surface area contributed by atoms with E-state index in [4.69, 9.17) is 11.6 Å². The van der Waals surface area contributed by atoms with E-state index in [9.17, 15) is 4.79 Å². The van der Waals surface area contributed by atoms with Gasteiger partial charge in [0.2, 0.25) is 0 Å². The first kappa shape index (κ1) is 20.4. The largest absolute Gasteiger partial charge is 0.334 e. The summed E-state index contributed by atoms with van der Waals surface area (Å²) in [4.78, 5) is 21.7. The summed E-state index contributed by atoms with van der Waals surface area (Å²) in [6.07, 6.45) is 5.37. The van der Waals surface area contributed by atoms with Crippen LogP contribution in [0, 0.1) is 0 Å². The maximum Gasteiger partial charge on any atom is 0.257 e. The monoisotopic (exact) mass is 410 g/mol. The first-order chi connectivity index (χ1) is 14.3. The van der Waals surface area contributed by atoms with E-state index < -0.39 is 0 Å². The summed E-state index contributed by atoms with van der Waals surface area (Å²) < 4.78 is 1.97. The number of halogens is 1. The van der Waals surface area contributed by atoms with E-state index in [2.05, 4.69) is 21.4 Å². The van der Waals surface area contributed by atoms with E-state index >= 15 is 0 Å². The van der Waals surface area contributed by atoms with Crippen molar-refractivity contribution in [2.45, 2.75) is 0 Å².